The highest BCUT2D eigenvalue weighted by Gasteiger charge is 2.08. The average Bonchev–Trinajstić information content (AvgIpc) is 2.54. The van der Waals surface area contributed by atoms with Crippen molar-refractivity contribution in [3.05, 3.63) is 59.7 Å². The lowest BCUT2D eigenvalue weighted by molar-refractivity contribution is -0.137. The molecule has 0 heterocycles. The summed E-state index contributed by atoms with van der Waals surface area (Å²) >= 11 is 0. The molecule has 0 atom stereocenters. The molecule has 0 aromatic heterocycles. The van der Waals surface area contributed by atoms with Gasteiger partial charge in [-0.1, -0.05) is 55.3 Å². The summed E-state index contributed by atoms with van der Waals surface area (Å²) in [6.07, 6.45) is 5.04. The fraction of sp³-hybridized carbons (Fsp3) is 0.250. The van der Waals surface area contributed by atoms with Crippen molar-refractivity contribution >= 4 is 12.0 Å². The van der Waals surface area contributed by atoms with Crippen LogP contribution in [-0.2, 0) is 9.53 Å². The van der Waals surface area contributed by atoms with E-state index in [9.17, 15) is 9.90 Å². The van der Waals surface area contributed by atoms with Crippen LogP contribution in [0.25, 0.3) is 17.2 Å². The smallest absolute Gasteiger partial charge is 0.330 e. The lowest BCUT2D eigenvalue weighted by Gasteiger charge is -2.09. The zero-order valence-corrected chi connectivity index (χ0v) is 13.6. The minimum atomic E-state index is -0.344. The van der Waals surface area contributed by atoms with Gasteiger partial charge in [0.1, 0.15) is 5.75 Å². The van der Waals surface area contributed by atoms with Crippen LogP contribution in [0.3, 0.4) is 0 Å². The van der Waals surface area contributed by atoms with E-state index in [2.05, 4.69) is 6.92 Å². The molecule has 3 nitrogen and oxygen atoms in total. The maximum Gasteiger partial charge on any atom is 0.330 e. The number of benzene rings is 2. The van der Waals surface area contributed by atoms with E-state index in [0.29, 0.717) is 6.61 Å². The molecule has 0 saturated heterocycles. The fourth-order valence-electron chi connectivity index (χ4n) is 2.29. The van der Waals surface area contributed by atoms with E-state index in [1.54, 1.807) is 18.2 Å². The van der Waals surface area contributed by atoms with Gasteiger partial charge in [-0.15, -0.1) is 0 Å². The van der Waals surface area contributed by atoms with Crippen molar-refractivity contribution in [1.82, 2.24) is 0 Å². The summed E-state index contributed by atoms with van der Waals surface area (Å²) in [4.78, 5) is 11.7. The SMILES string of the molecule is CCCCOC(=O)/C=C/c1cc(C)ccc1-c1ccccc1O. The van der Waals surface area contributed by atoms with E-state index < -0.39 is 0 Å². The van der Waals surface area contributed by atoms with Crippen LogP contribution in [0.4, 0.5) is 0 Å². The zero-order chi connectivity index (χ0) is 16.7. The van der Waals surface area contributed by atoms with Gasteiger partial charge in [0.25, 0.3) is 0 Å². The number of unbranched alkanes of at least 4 members (excludes halogenated alkanes) is 1. The number of hydrogen-bond acceptors (Lipinski definition) is 3. The van der Waals surface area contributed by atoms with Crippen molar-refractivity contribution in [3.8, 4) is 16.9 Å². The molecule has 0 aliphatic rings. The summed E-state index contributed by atoms with van der Waals surface area (Å²) in [6.45, 7) is 4.49. The van der Waals surface area contributed by atoms with E-state index in [1.165, 1.54) is 6.08 Å². The second-order valence-corrected chi connectivity index (χ2v) is 5.46. The maximum atomic E-state index is 11.7. The van der Waals surface area contributed by atoms with Crippen LogP contribution in [0.1, 0.15) is 30.9 Å². The molecule has 0 aliphatic carbocycles. The molecule has 0 amide bonds. The predicted octanol–water partition coefficient (Wildman–Crippen LogP) is 4.72. The van der Waals surface area contributed by atoms with Crippen LogP contribution in [0.5, 0.6) is 5.75 Å². The molecular formula is C20H22O3. The molecule has 2 aromatic rings. The van der Waals surface area contributed by atoms with Crippen molar-refractivity contribution in [2.45, 2.75) is 26.7 Å². The summed E-state index contributed by atoms with van der Waals surface area (Å²) in [5.41, 5.74) is 3.58. The van der Waals surface area contributed by atoms with Gasteiger partial charge in [-0.3, -0.25) is 0 Å². The van der Waals surface area contributed by atoms with E-state index in [1.807, 2.05) is 37.3 Å². The molecule has 0 spiro atoms. The highest BCUT2D eigenvalue weighted by Crippen LogP contribution is 2.32. The summed E-state index contributed by atoms with van der Waals surface area (Å²) in [6, 6.07) is 13.1. The van der Waals surface area contributed by atoms with Gasteiger partial charge in [0.2, 0.25) is 0 Å². The van der Waals surface area contributed by atoms with Gasteiger partial charge in [-0.05, 0) is 36.6 Å². The van der Waals surface area contributed by atoms with Gasteiger partial charge in [0.15, 0.2) is 0 Å². The fourth-order valence-corrected chi connectivity index (χ4v) is 2.29. The number of carbonyl (C=O) groups is 1. The largest absolute Gasteiger partial charge is 0.507 e. The Morgan fingerprint density at radius 2 is 1.96 bits per heavy atom. The van der Waals surface area contributed by atoms with Gasteiger partial charge in [0.05, 0.1) is 6.61 Å². The van der Waals surface area contributed by atoms with Crippen LogP contribution in [0.15, 0.2) is 48.5 Å². The van der Waals surface area contributed by atoms with Crippen LogP contribution in [0, 0.1) is 6.92 Å². The van der Waals surface area contributed by atoms with E-state index in [-0.39, 0.29) is 11.7 Å². The molecular weight excluding hydrogens is 288 g/mol. The number of rotatable bonds is 6. The number of ether oxygens (including phenoxy) is 1. The first-order chi connectivity index (χ1) is 11.1. The van der Waals surface area contributed by atoms with E-state index in [4.69, 9.17) is 4.74 Å². The van der Waals surface area contributed by atoms with Crippen LogP contribution in [-0.4, -0.2) is 17.7 Å². The Labute approximate surface area is 137 Å². The lowest BCUT2D eigenvalue weighted by Crippen LogP contribution is -2.01. The summed E-state index contributed by atoms with van der Waals surface area (Å²) in [5.74, 6) is -0.125. The highest BCUT2D eigenvalue weighted by molar-refractivity contribution is 5.89. The number of hydrogen-bond donors (Lipinski definition) is 1. The number of aryl methyl sites for hydroxylation is 1. The molecule has 0 bridgehead atoms. The average molecular weight is 310 g/mol. The highest BCUT2D eigenvalue weighted by atomic mass is 16.5. The normalized spacial score (nSPS) is 10.9. The molecule has 0 fully saturated rings. The predicted molar refractivity (Wildman–Crippen MR) is 93.2 cm³/mol. The Morgan fingerprint density at radius 3 is 2.70 bits per heavy atom. The molecule has 0 unspecified atom stereocenters. The molecule has 1 N–H and O–H groups in total. The van der Waals surface area contributed by atoms with Crippen LogP contribution < -0.4 is 0 Å². The second-order valence-electron chi connectivity index (χ2n) is 5.46. The number of carbonyl (C=O) groups excluding carboxylic acids is 1. The number of aromatic hydroxyl groups is 1. The van der Waals surface area contributed by atoms with E-state index in [0.717, 1.165) is 35.1 Å². The molecule has 0 radical (unpaired) electrons. The van der Waals surface area contributed by atoms with Gasteiger partial charge >= 0.3 is 5.97 Å². The van der Waals surface area contributed by atoms with Crippen molar-refractivity contribution in [2.24, 2.45) is 0 Å². The quantitative estimate of drug-likeness (QED) is 0.477. The van der Waals surface area contributed by atoms with Crippen molar-refractivity contribution in [3.63, 3.8) is 0 Å². The third-order valence-corrected chi connectivity index (χ3v) is 3.54. The van der Waals surface area contributed by atoms with Crippen LogP contribution in [0.2, 0.25) is 0 Å². The van der Waals surface area contributed by atoms with Gasteiger partial charge in [-0.25, -0.2) is 4.79 Å². The summed E-state index contributed by atoms with van der Waals surface area (Å²) in [7, 11) is 0. The molecule has 3 heteroatoms. The molecule has 120 valence electrons. The summed E-state index contributed by atoms with van der Waals surface area (Å²) in [5, 5.41) is 10.1. The minimum Gasteiger partial charge on any atom is -0.507 e. The Balaban J connectivity index is 2.26. The molecule has 23 heavy (non-hydrogen) atoms. The van der Waals surface area contributed by atoms with Gasteiger partial charge in [-0.2, -0.15) is 0 Å². The zero-order valence-electron chi connectivity index (χ0n) is 13.6. The van der Waals surface area contributed by atoms with Crippen molar-refractivity contribution < 1.29 is 14.6 Å². The first kappa shape index (κ1) is 16.8. The number of phenolic OH excluding ortho intramolecular Hbond substituents is 1. The number of phenols is 1. The lowest BCUT2D eigenvalue weighted by atomic mass is 9.97. The molecule has 0 saturated carbocycles. The Hall–Kier alpha value is -2.55. The Morgan fingerprint density at radius 1 is 1.17 bits per heavy atom. The summed E-state index contributed by atoms with van der Waals surface area (Å²) < 4.78 is 5.13. The van der Waals surface area contributed by atoms with E-state index >= 15 is 0 Å². The van der Waals surface area contributed by atoms with Crippen LogP contribution >= 0.6 is 0 Å². The molecule has 0 aliphatic heterocycles. The Kier molecular flexibility index (Phi) is 5.98. The molecule has 2 aromatic carbocycles. The van der Waals surface area contributed by atoms with Crippen molar-refractivity contribution in [1.29, 1.82) is 0 Å². The standard InChI is InChI=1S/C20H22O3/c1-3-4-13-23-20(22)12-10-16-14-15(2)9-11-17(16)18-7-5-6-8-19(18)21/h5-12,14,21H,3-4,13H2,1-2H3/b12-10+. The van der Waals surface area contributed by atoms with Gasteiger partial charge in [0, 0.05) is 11.6 Å². The minimum absolute atomic E-state index is 0.219. The monoisotopic (exact) mass is 310 g/mol. The Bertz CT molecular complexity index is 702. The number of esters is 1. The number of para-hydroxylation sites is 1. The van der Waals surface area contributed by atoms with Gasteiger partial charge < -0.3 is 9.84 Å². The van der Waals surface area contributed by atoms with Crippen molar-refractivity contribution in [2.75, 3.05) is 6.61 Å². The third kappa shape index (κ3) is 4.71. The second kappa shape index (κ2) is 8.18. The first-order valence-electron chi connectivity index (χ1n) is 7.85. The maximum absolute atomic E-state index is 11.7. The first-order valence-corrected chi connectivity index (χ1v) is 7.85. The molecule has 2 rings (SSSR count). The third-order valence-electron chi connectivity index (χ3n) is 3.54. The topological polar surface area (TPSA) is 46.5 Å².